The number of hydrogen-bond acceptors (Lipinski definition) is 6. The Hall–Kier alpha value is -2.66. The molecule has 8 nitrogen and oxygen atoms in total. The van der Waals surface area contributed by atoms with Crippen LogP contribution in [-0.2, 0) is 20.0 Å². The van der Waals surface area contributed by atoms with Gasteiger partial charge in [0.05, 0.1) is 23.4 Å². The van der Waals surface area contributed by atoms with Gasteiger partial charge in [-0.25, -0.2) is 21.6 Å². The van der Waals surface area contributed by atoms with E-state index in [1.54, 1.807) is 19.2 Å². The zero-order chi connectivity index (χ0) is 23.5. The average Bonchev–Trinajstić information content (AvgIpc) is 2.83. The molecule has 0 bridgehead atoms. The minimum absolute atomic E-state index is 0.115. The van der Waals surface area contributed by atoms with Crippen LogP contribution < -0.4 is 14.4 Å². The molecule has 176 valence electrons. The number of ether oxygens (including phenoxy) is 1. The molecule has 3 aromatic rings. The molecule has 1 heterocycles. The van der Waals surface area contributed by atoms with Gasteiger partial charge in [0.15, 0.2) is 0 Å². The molecule has 0 saturated carbocycles. The SMILES string of the molecule is COc1ccccc1N1CCN(S(=O)(=O)CCNS(=O)(=O)c2ccc3ccccc3c2)CC1. The molecule has 33 heavy (non-hydrogen) atoms. The Balaban J connectivity index is 1.34. The maximum atomic E-state index is 12.8. The second kappa shape index (κ2) is 9.68. The summed E-state index contributed by atoms with van der Waals surface area (Å²) in [5.41, 5.74) is 0.931. The minimum Gasteiger partial charge on any atom is -0.495 e. The quantitative estimate of drug-likeness (QED) is 0.522. The fraction of sp³-hybridized carbons (Fsp3) is 0.304. The molecule has 1 N–H and O–H groups in total. The van der Waals surface area contributed by atoms with E-state index in [1.165, 1.54) is 10.4 Å². The van der Waals surface area contributed by atoms with Crippen molar-refractivity contribution in [2.24, 2.45) is 0 Å². The lowest BCUT2D eigenvalue weighted by atomic mass is 10.1. The summed E-state index contributed by atoms with van der Waals surface area (Å²) < 4.78 is 60.2. The van der Waals surface area contributed by atoms with Crippen LogP contribution in [0.5, 0.6) is 5.75 Å². The standard InChI is InChI=1S/C23H27N3O5S2/c1-31-23-9-5-4-8-22(23)25-13-15-26(16-14-25)32(27,28)17-12-24-33(29,30)21-11-10-19-6-2-3-7-20(19)18-21/h2-11,18,24H,12-17H2,1H3. The summed E-state index contributed by atoms with van der Waals surface area (Å²) in [6, 6.07) is 19.9. The van der Waals surface area contributed by atoms with E-state index < -0.39 is 20.0 Å². The lowest BCUT2D eigenvalue weighted by Crippen LogP contribution is -2.50. The molecular formula is C23H27N3O5S2. The van der Waals surface area contributed by atoms with Gasteiger partial charge in [0, 0.05) is 32.7 Å². The topological polar surface area (TPSA) is 96.0 Å². The van der Waals surface area contributed by atoms with Crippen LogP contribution in [0.3, 0.4) is 0 Å². The van der Waals surface area contributed by atoms with Crippen molar-refractivity contribution in [3.8, 4) is 5.75 Å². The number of nitrogens with one attached hydrogen (secondary N) is 1. The van der Waals surface area contributed by atoms with E-state index in [2.05, 4.69) is 9.62 Å². The number of benzene rings is 3. The monoisotopic (exact) mass is 489 g/mol. The molecule has 3 aromatic carbocycles. The number of fused-ring (bicyclic) bond motifs is 1. The molecule has 1 saturated heterocycles. The number of methoxy groups -OCH3 is 1. The first-order valence-electron chi connectivity index (χ1n) is 10.6. The van der Waals surface area contributed by atoms with Crippen LogP contribution in [0.1, 0.15) is 0 Å². The van der Waals surface area contributed by atoms with Crippen molar-refractivity contribution in [3.63, 3.8) is 0 Å². The van der Waals surface area contributed by atoms with Crippen LogP contribution >= 0.6 is 0 Å². The van der Waals surface area contributed by atoms with Crippen molar-refractivity contribution in [2.75, 3.05) is 50.5 Å². The summed E-state index contributed by atoms with van der Waals surface area (Å²) in [4.78, 5) is 2.21. The Morgan fingerprint density at radius 1 is 0.848 bits per heavy atom. The summed E-state index contributed by atoms with van der Waals surface area (Å²) in [5.74, 6) is 0.450. The van der Waals surface area contributed by atoms with E-state index in [9.17, 15) is 16.8 Å². The lowest BCUT2D eigenvalue weighted by Gasteiger charge is -2.35. The third kappa shape index (κ3) is 5.30. The largest absolute Gasteiger partial charge is 0.495 e. The molecule has 0 radical (unpaired) electrons. The zero-order valence-electron chi connectivity index (χ0n) is 18.3. The van der Waals surface area contributed by atoms with E-state index in [0.717, 1.165) is 22.2 Å². The number of sulfonamides is 2. The smallest absolute Gasteiger partial charge is 0.240 e. The van der Waals surface area contributed by atoms with Gasteiger partial charge >= 0.3 is 0 Å². The predicted molar refractivity (Wildman–Crippen MR) is 130 cm³/mol. The molecule has 0 spiro atoms. The molecule has 0 aromatic heterocycles. The van der Waals surface area contributed by atoms with Crippen LogP contribution in [0.15, 0.2) is 71.6 Å². The molecule has 1 aliphatic rings. The van der Waals surface area contributed by atoms with Crippen LogP contribution in [-0.4, -0.2) is 66.7 Å². The highest BCUT2D eigenvalue weighted by atomic mass is 32.2. The third-order valence-electron chi connectivity index (χ3n) is 5.74. The van der Waals surface area contributed by atoms with Gasteiger partial charge in [0.2, 0.25) is 20.0 Å². The Bertz CT molecular complexity index is 1330. The maximum absolute atomic E-state index is 12.8. The summed E-state index contributed by atoms with van der Waals surface area (Å²) in [6.07, 6.45) is 0. The number of piperazine rings is 1. The van der Waals surface area contributed by atoms with Gasteiger partial charge in [0.25, 0.3) is 0 Å². The van der Waals surface area contributed by atoms with Crippen molar-refractivity contribution < 1.29 is 21.6 Å². The van der Waals surface area contributed by atoms with Gasteiger partial charge in [-0.15, -0.1) is 0 Å². The molecule has 0 amide bonds. The number of para-hydroxylation sites is 2. The molecule has 10 heteroatoms. The summed E-state index contributed by atoms with van der Waals surface area (Å²) in [7, 11) is -5.80. The van der Waals surface area contributed by atoms with Crippen LogP contribution in [0, 0.1) is 0 Å². The van der Waals surface area contributed by atoms with E-state index >= 15 is 0 Å². The average molecular weight is 490 g/mol. The molecule has 1 fully saturated rings. The zero-order valence-corrected chi connectivity index (χ0v) is 20.0. The number of anilines is 1. The first-order valence-corrected chi connectivity index (χ1v) is 13.7. The van der Waals surface area contributed by atoms with E-state index in [0.29, 0.717) is 26.2 Å². The summed E-state index contributed by atoms with van der Waals surface area (Å²) >= 11 is 0. The lowest BCUT2D eigenvalue weighted by molar-refractivity contribution is 0.378. The molecular weight excluding hydrogens is 462 g/mol. The first kappa shape index (κ1) is 23.5. The van der Waals surface area contributed by atoms with E-state index in [-0.39, 0.29) is 17.2 Å². The Morgan fingerprint density at radius 2 is 1.52 bits per heavy atom. The first-order chi connectivity index (χ1) is 15.8. The van der Waals surface area contributed by atoms with E-state index in [1.807, 2.05) is 48.5 Å². The highest BCUT2D eigenvalue weighted by Crippen LogP contribution is 2.28. The van der Waals surface area contributed by atoms with E-state index in [4.69, 9.17) is 4.74 Å². The Labute approximate surface area is 194 Å². The number of nitrogens with zero attached hydrogens (tertiary/aromatic N) is 2. The highest BCUT2D eigenvalue weighted by molar-refractivity contribution is 7.90. The van der Waals surface area contributed by atoms with Crippen molar-refractivity contribution >= 4 is 36.5 Å². The Morgan fingerprint density at radius 3 is 2.24 bits per heavy atom. The second-order valence-corrected chi connectivity index (χ2v) is 11.6. The highest BCUT2D eigenvalue weighted by Gasteiger charge is 2.28. The predicted octanol–water partition coefficient (Wildman–Crippen LogP) is 2.28. The molecule has 4 rings (SSSR count). The van der Waals surface area contributed by atoms with Gasteiger partial charge in [0.1, 0.15) is 5.75 Å². The Kier molecular flexibility index (Phi) is 6.89. The van der Waals surface area contributed by atoms with Crippen molar-refractivity contribution in [1.82, 2.24) is 9.03 Å². The molecule has 0 atom stereocenters. The molecule has 0 unspecified atom stereocenters. The van der Waals surface area contributed by atoms with Crippen LogP contribution in [0.25, 0.3) is 10.8 Å². The van der Waals surface area contributed by atoms with Gasteiger partial charge in [-0.3, -0.25) is 0 Å². The fourth-order valence-electron chi connectivity index (χ4n) is 3.95. The van der Waals surface area contributed by atoms with Gasteiger partial charge in [-0.2, -0.15) is 4.31 Å². The van der Waals surface area contributed by atoms with Crippen LogP contribution in [0.4, 0.5) is 5.69 Å². The third-order valence-corrected chi connectivity index (χ3v) is 9.07. The van der Waals surface area contributed by atoms with Crippen LogP contribution in [0.2, 0.25) is 0 Å². The summed E-state index contributed by atoms with van der Waals surface area (Å²) in [5, 5.41) is 1.74. The summed E-state index contributed by atoms with van der Waals surface area (Å²) in [6.45, 7) is 1.53. The minimum atomic E-state index is -3.81. The fourth-order valence-corrected chi connectivity index (χ4v) is 6.48. The van der Waals surface area contributed by atoms with Crippen molar-refractivity contribution in [1.29, 1.82) is 0 Å². The van der Waals surface area contributed by atoms with Gasteiger partial charge in [-0.1, -0.05) is 42.5 Å². The maximum Gasteiger partial charge on any atom is 0.240 e. The van der Waals surface area contributed by atoms with Gasteiger partial charge < -0.3 is 9.64 Å². The molecule has 0 aliphatic carbocycles. The number of hydrogen-bond donors (Lipinski definition) is 1. The van der Waals surface area contributed by atoms with Crippen molar-refractivity contribution in [3.05, 3.63) is 66.7 Å². The van der Waals surface area contributed by atoms with Crippen molar-refractivity contribution in [2.45, 2.75) is 4.90 Å². The number of rotatable bonds is 8. The molecule has 1 aliphatic heterocycles. The second-order valence-electron chi connectivity index (χ2n) is 7.78. The normalized spacial score (nSPS) is 15.6. The van der Waals surface area contributed by atoms with Gasteiger partial charge in [-0.05, 0) is 35.0 Å².